The standard InChI is InChI=1S/C13H10O.C6H14N2O2.C5H15N2/c14-10-11-6-8-13(9-7-11)12-4-2-1-3-5-12;7-4-2-1-3-5(8)6(9)10;1-7(2,3)5-4-6/h1-10H;5H,1-4,7-8H2,(H,9,10);4-6H2,1-3H3/q;;+1/p-1/t;5-;/m.0./s1. The van der Waals surface area contributed by atoms with Crippen LogP contribution in [0.5, 0.6) is 0 Å². The Labute approximate surface area is 186 Å². The first-order valence-corrected chi connectivity index (χ1v) is 10.4. The van der Waals surface area contributed by atoms with E-state index >= 15 is 0 Å². The van der Waals surface area contributed by atoms with E-state index in [0.29, 0.717) is 18.5 Å². The van der Waals surface area contributed by atoms with Gasteiger partial charge in [0.25, 0.3) is 0 Å². The van der Waals surface area contributed by atoms with Crippen LogP contribution in [0.4, 0.5) is 0 Å². The number of quaternary nitrogens is 1. The van der Waals surface area contributed by atoms with Crippen LogP contribution in [0.1, 0.15) is 29.6 Å². The van der Waals surface area contributed by atoms with Crippen LogP contribution < -0.4 is 22.3 Å². The van der Waals surface area contributed by atoms with Gasteiger partial charge in [0.2, 0.25) is 0 Å². The average Bonchev–Trinajstić information content (AvgIpc) is 2.74. The molecule has 31 heavy (non-hydrogen) atoms. The highest BCUT2D eigenvalue weighted by atomic mass is 16.4. The average molecular weight is 431 g/mol. The Hall–Kier alpha value is -2.58. The zero-order valence-electron chi connectivity index (χ0n) is 19.0. The van der Waals surface area contributed by atoms with Crippen molar-refractivity contribution in [3.8, 4) is 11.1 Å². The summed E-state index contributed by atoms with van der Waals surface area (Å²) in [6, 6.07) is 16.8. The van der Waals surface area contributed by atoms with Gasteiger partial charge in [-0.3, -0.25) is 4.79 Å². The van der Waals surface area contributed by atoms with E-state index in [9.17, 15) is 14.7 Å². The van der Waals surface area contributed by atoms with Crippen molar-refractivity contribution < 1.29 is 19.2 Å². The van der Waals surface area contributed by atoms with Gasteiger partial charge >= 0.3 is 0 Å². The minimum atomic E-state index is -1.18. The van der Waals surface area contributed by atoms with Crippen molar-refractivity contribution in [3.05, 3.63) is 60.2 Å². The second-order valence-electron chi connectivity index (χ2n) is 8.12. The molecule has 2 aromatic rings. The number of carbonyl (C=O) groups is 2. The number of rotatable bonds is 9. The summed E-state index contributed by atoms with van der Waals surface area (Å²) in [5, 5.41) is 10.0. The summed E-state index contributed by atoms with van der Waals surface area (Å²) in [5.74, 6) is -1.18. The van der Waals surface area contributed by atoms with Crippen molar-refractivity contribution in [2.75, 3.05) is 40.8 Å². The van der Waals surface area contributed by atoms with Crippen molar-refractivity contribution in [1.29, 1.82) is 0 Å². The fourth-order valence-corrected chi connectivity index (χ4v) is 2.40. The molecule has 172 valence electrons. The Balaban J connectivity index is 0.000000468. The molecule has 0 saturated carbocycles. The Bertz CT molecular complexity index is 729. The number of hydrogen-bond acceptors (Lipinski definition) is 6. The quantitative estimate of drug-likeness (QED) is 0.309. The van der Waals surface area contributed by atoms with Gasteiger partial charge in [-0.15, -0.1) is 0 Å². The lowest BCUT2D eigenvalue weighted by Crippen LogP contribution is -2.41. The molecule has 0 aliphatic rings. The van der Waals surface area contributed by atoms with Gasteiger partial charge < -0.3 is 31.6 Å². The van der Waals surface area contributed by atoms with Crippen LogP contribution in [0.25, 0.3) is 11.1 Å². The topological polar surface area (TPSA) is 135 Å². The predicted octanol–water partition coefficient (Wildman–Crippen LogP) is 1.01. The smallest absolute Gasteiger partial charge is 0.150 e. The summed E-state index contributed by atoms with van der Waals surface area (Å²) in [6.45, 7) is 2.42. The molecule has 7 heteroatoms. The van der Waals surface area contributed by atoms with E-state index in [1.165, 1.54) is 5.56 Å². The monoisotopic (exact) mass is 430 g/mol. The molecule has 0 aliphatic heterocycles. The molecule has 6 N–H and O–H groups in total. The summed E-state index contributed by atoms with van der Waals surface area (Å²) in [6.07, 6.45) is 2.89. The van der Waals surface area contributed by atoms with E-state index in [1.807, 2.05) is 42.5 Å². The Kier molecular flexibility index (Phi) is 14.8. The van der Waals surface area contributed by atoms with E-state index in [4.69, 9.17) is 17.2 Å². The molecule has 0 bridgehead atoms. The number of unbranched alkanes of at least 4 members (excludes halogenated alkanes) is 1. The third-order valence-electron chi connectivity index (χ3n) is 4.23. The number of hydrogen-bond donors (Lipinski definition) is 3. The van der Waals surface area contributed by atoms with Crippen LogP contribution >= 0.6 is 0 Å². The summed E-state index contributed by atoms with van der Waals surface area (Å²) in [5.41, 5.74) is 18.7. The molecule has 0 aliphatic carbocycles. The van der Waals surface area contributed by atoms with Gasteiger partial charge in [0, 0.05) is 18.2 Å². The Morgan fingerprint density at radius 1 is 0.935 bits per heavy atom. The van der Waals surface area contributed by atoms with Crippen LogP contribution in [-0.2, 0) is 4.79 Å². The molecule has 7 nitrogen and oxygen atoms in total. The normalized spacial score (nSPS) is 11.3. The SMILES string of the molecule is C[N+](C)(C)CCN.NCCCC[C@H](N)C(=O)[O-].O=Cc1ccc(-c2ccccc2)cc1. The fourth-order valence-electron chi connectivity index (χ4n) is 2.40. The first-order valence-electron chi connectivity index (χ1n) is 10.4. The number of aliphatic carboxylic acids is 1. The maximum absolute atomic E-state index is 10.5. The van der Waals surface area contributed by atoms with Gasteiger partial charge in [0.1, 0.15) is 6.29 Å². The molecule has 2 rings (SSSR count). The zero-order chi connectivity index (χ0) is 23.7. The van der Waals surface area contributed by atoms with Crippen LogP contribution in [0, 0.1) is 0 Å². The molecule has 0 amide bonds. The third kappa shape index (κ3) is 15.0. The number of likely N-dealkylation sites (N-methyl/N-ethyl adjacent to an activating group) is 1. The van der Waals surface area contributed by atoms with E-state index in [1.54, 1.807) is 0 Å². The number of aldehydes is 1. The molecule has 0 radical (unpaired) electrons. The minimum absolute atomic E-state index is 0.458. The lowest BCUT2D eigenvalue weighted by atomic mass is 10.0. The van der Waals surface area contributed by atoms with Gasteiger partial charge in [-0.2, -0.15) is 0 Å². The van der Waals surface area contributed by atoms with Gasteiger partial charge in [-0.1, -0.05) is 61.0 Å². The number of carboxylic acids is 1. The second-order valence-corrected chi connectivity index (χ2v) is 8.12. The highest BCUT2D eigenvalue weighted by Crippen LogP contribution is 2.18. The fraction of sp³-hybridized carbons (Fsp3) is 0.417. The van der Waals surface area contributed by atoms with Gasteiger partial charge in [0.15, 0.2) is 0 Å². The molecular weight excluding hydrogens is 392 g/mol. The molecule has 0 saturated heterocycles. The van der Waals surface area contributed by atoms with Crippen molar-refractivity contribution in [2.45, 2.75) is 25.3 Å². The first-order chi connectivity index (χ1) is 14.6. The number of nitrogens with two attached hydrogens (primary N) is 3. The van der Waals surface area contributed by atoms with Crippen LogP contribution in [-0.4, -0.2) is 63.6 Å². The van der Waals surface area contributed by atoms with Crippen LogP contribution in [0.2, 0.25) is 0 Å². The van der Waals surface area contributed by atoms with E-state index in [-0.39, 0.29) is 0 Å². The second kappa shape index (κ2) is 16.2. The molecule has 0 spiro atoms. The summed E-state index contributed by atoms with van der Waals surface area (Å²) >= 11 is 0. The molecule has 0 heterocycles. The van der Waals surface area contributed by atoms with Crippen molar-refractivity contribution >= 4 is 12.3 Å². The summed E-state index contributed by atoms with van der Waals surface area (Å²) in [4.78, 5) is 20.5. The Morgan fingerprint density at radius 3 is 1.87 bits per heavy atom. The van der Waals surface area contributed by atoms with Gasteiger partial charge in [-0.25, -0.2) is 0 Å². The maximum atomic E-state index is 10.5. The first kappa shape index (κ1) is 28.4. The van der Waals surface area contributed by atoms with Gasteiger partial charge in [-0.05, 0) is 30.5 Å². The molecule has 0 fully saturated rings. The molecule has 1 atom stereocenters. The number of benzene rings is 2. The summed E-state index contributed by atoms with van der Waals surface area (Å²) in [7, 11) is 6.40. The Morgan fingerprint density at radius 2 is 1.48 bits per heavy atom. The lowest BCUT2D eigenvalue weighted by Gasteiger charge is -2.22. The highest BCUT2D eigenvalue weighted by Gasteiger charge is 2.02. The maximum Gasteiger partial charge on any atom is 0.150 e. The molecule has 0 aromatic heterocycles. The lowest BCUT2D eigenvalue weighted by molar-refractivity contribution is -0.868. The molecule has 0 unspecified atom stereocenters. The third-order valence-corrected chi connectivity index (χ3v) is 4.23. The van der Waals surface area contributed by atoms with E-state index in [0.717, 1.165) is 42.3 Å². The summed E-state index contributed by atoms with van der Waals surface area (Å²) < 4.78 is 0.969. The highest BCUT2D eigenvalue weighted by molar-refractivity contribution is 5.76. The van der Waals surface area contributed by atoms with Crippen LogP contribution in [0.3, 0.4) is 0 Å². The predicted molar refractivity (Wildman–Crippen MR) is 125 cm³/mol. The van der Waals surface area contributed by atoms with Crippen LogP contribution in [0.15, 0.2) is 54.6 Å². The van der Waals surface area contributed by atoms with Crippen molar-refractivity contribution in [2.24, 2.45) is 17.2 Å². The largest absolute Gasteiger partial charge is 0.548 e. The zero-order valence-corrected chi connectivity index (χ0v) is 19.0. The number of nitrogens with zero attached hydrogens (tertiary/aromatic N) is 1. The van der Waals surface area contributed by atoms with Crippen molar-refractivity contribution in [3.63, 3.8) is 0 Å². The number of carboxylic acid groups (broad SMARTS) is 1. The molecular formula is C24H38N4O3. The van der Waals surface area contributed by atoms with Crippen molar-refractivity contribution in [1.82, 2.24) is 0 Å². The van der Waals surface area contributed by atoms with E-state index < -0.39 is 12.0 Å². The van der Waals surface area contributed by atoms with Gasteiger partial charge in [0.05, 0.1) is 33.7 Å². The molecule has 2 aromatic carbocycles. The van der Waals surface area contributed by atoms with E-state index in [2.05, 4.69) is 33.3 Å². The number of carbonyl (C=O) groups excluding carboxylic acids is 2. The minimum Gasteiger partial charge on any atom is -0.548 e.